The minimum Gasteiger partial charge on any atom is -0.398 e. The molecule has 0 bridgehead atoms. The maximum Gasteiger partial charge on any atom is 0.0670 e. The van der Waals surface area contributed by atoms with Gasteiger partial charge < -0.3 is 15.8 Å². The number of nitrogen functional groups attached to an aromatic ring is 1. The number of hydrogen-bond acceptors (Lipinski definition) is 4. The summed E-state index contributed by atoms with van der Waals surface area (Å²) in [5, 5.41) is 12.1. The van der Waals surface area contributed by atoms with E-state index in [1.165, 1.54) is 0 Å². The number of ether oxygens (including phenoxy) is 1. The summed E-state index contributed by atoms with van der Waals surface area (Å²) in [6, 6.07) is 7.86. The summed E-state index contributed by atoms with van der Waals surface area (Å²) in [5.41, 5.74) is 8.38. The molecule has 1 rings (SSSR count). The summed E-state index contributed by atoms with van der Waals surface area (Å²) in [6.45, 7) is 5.80. The van der Waals surface area contributed by atoms with Crippen LogP contribution in [0.25, 0.3) is 0 Å². The van der Waals surface area contributed by atoms with Crippen molar-refractivity contribution in [2.75, 3.05) is 24.2 Å². The lowest BCUT2D eigenvalue weighted by atomic mass is 10.1. The molecule has 0 radical (unpaired) electrons. The number of anilines is 2. The highest BCUT2D eigenvalue weighted by atomic mass is 16.5. The van der Waals surface area contributed by atoms with Gasteiger partial charge >= 0.3 is 0 Å². The van der Waals surface area contributed by atoms with Gasteiger partial charge in [-0.3, -0.25) is 0 Å². The van der Waals surface area contributed by atoms with Gasteiger partial charge in [0.05, 0.1) is 18.6 Å². The predicted molar refractivity (Wildman–Crippen MR) is 79.0 cm³/mol. The molecule has 4 nitrogen and oxygen atoms in total. The Morgan fingerprint density at radius 3 is 2.84 bits per heavy atom. The van der Waals surface area contributed by atoms with Crippen LogP contribution in [-0.4, -0.2) is 19.3 Å². The highest BCUT2D eigenvalue weighted by Gasteiger charge is 2.00. The molecule has 0 aliphatic carbocycles. The first-order valence-electron chi connectivity index (χ1n) is 6.74. The lowest BCUT2D eigenvalue weighted by Gasteiger charge is -2.10. The summed E-state index contributed by atoms with van der Waals surface area (Å²) in [4.78, 5) is 0. The van der Waals surface area contributed by atoms with Crippen molar-refractivity contribution >= 4 is 11.4 Å². The summed E-state index contributed by atoms with van der Waals surface area (Å²) < 4.78 is 5.48. The second kappa shape index (κ2) is 8.39. The van der Waals surface area contributed by atoms with Crippen molar-refractivity contribution in [3.63, 3.8) is 0 Å². The molecule has 1 aromatic rings. The Balaban J connectivity index is 2.30. The highest BCUT2D eigenvalue weighted by molar-refractivity contribution is 5.57. The third kappa shape index (κ3) is 6.12. The Hall–Kier alpha value is -1.73. The normalized spacial score (nSPS) is 10.4. The van der Waals surface area contributed by atoms with Crippen LogP contribution in [0.2, 0.25) is 0 Å². The number of nitrogens with two attached hydrogens (primary N) is 1. The smallest absolute Gasteiger partial charge is 0.0670 e. The molecule has 19 heavy (non-hydrogen) atoms. The van der Waals surface area contributed by atoms with Crippen molar-refractivity contribution in [3.05, 3.63) is 23.8 Å². The van der Waals surface area contributed by atoms with Gasteiger partial charge in [0.1, 0.15) is 0 Å². The molecule has 1 aromatic carbocycles. The molecule has 0 aliphatic heterocycles. The van der Waals surface area contributed by atoms with Gasteiger partial charge in [0.2, 0.25) is 0 Å². The van der Waals surface area contributed by atoms with Crippen LogP contribution in [0, 0.1) is 11.3 Å². The van der Waals surface area contributed by atoms with Crippen molar-refractivity contribution in [3.8, 4) is 6.07 Å². The predicted octanol–water partition coefficient (Wildman–Crippen LogP) is 2.95. The molecule has 0 atom stereocenters. The minimum absolute atomic E-state index is 0.304. The Morgan fingerprint density at radius 2 is 2.16 bits per heavy atom. The van der Waals surface area contributed by atoms with Gasteiger partial charge in [0, 0.05) is 24.5 Å². The largest absolute Gasteiger partial charge is 0.398 e. The number of nitrogens with one attached hydrogen (secondary N) is 1. The summed E-state index contributed by atoms with van der Waals surface area (Å²) in [6.07, 6.45) is 2.76. The average molecular weight is 261 g/mol. The molecular weight excluding hydrogens is 238 g/mol. The van der Waals surface area contributed by atoms with Crippen molar-refractivity contribution in [2.45, 2.75) is 39.2 Å². The van der Waals surface area contributed by atoms with Crippen molar-refractivity contribution < 1.29 is 4.74 Å². The summed E-state index contributed by atoms with van der Waals surface area (Å²) in [7, 11) is 0. The highest BCUT2D eigenvalue weighted by Crippen LogP contribution is 2.18. The number of rotatable bonds is 8. The quantitative estimate of drug-likeness (QED) is 0.557. The van der Waals surface area contributed by atoms with Crippen molar-refractivity contribution in [1.29, 1.82) is 5.26 Å². The van der Waals surface area contributed by atoms with E-state index in [0.29, 0.717) is 18.2 Å². The molecular formula is C15H23N3O. The van der Waals surface area contributed by atoms with Gasteiger partial charge in [-0.05, 0) is 50.5 Å². The van der Waals surface area contributed by atoms with E-state index in [0.717, 1.165) is 37.2 Å². The van der Waals surface area contributed by atoms with Gasteiger partial charge in [-0.1, -0.05) is 0 Å². The standard InChI is InChI=1S/C15H23N3O/c1-12(2)19-10-4-3-9-18-14-5-6-15(17)13(11-14)7-8-16/h5-6,11-12,18H,3-4,7,9-10,17H2,1-2H3. The molecule has 0 aromatic heterocycles. The van der Waals surface area contributed by atoms with E-state index < -0.39 is 0 Å². The SMILES string of the molecule is CC(C)OCCCCNc1ccc(N)c(CC#N)c1. The van der Waals surface area contributed by atoms with E-state index in [9.17, 15) is 0 Å². The number of nitriles is 1. The maximum absolute atomic E-state index is 8.71. The van der Waals surface area contributed by atoms with Crippen LogP contribution < -0.4 is 11.1 Å². The zero-order valence-electron chi connectivity index (χ0n) is 11.8. The second-order valence-corrected chi connectivity index (χ2v) is 4.80. The van der Waals surface area contributed by atoms with Crippen LogP contribution in [0.1, 0.15) is 32.3 Å². The first kappa shape index (κ1) is 15.3. The van der Waals surface area contributed by atoms with E-state index >= 15 is 0 Å². The molecule has 3 N–H and O–H groups in total. The van der Waals surface area contributed by atoms with Gasteiger partial charge in [-0.25, -0.2) is 0 Å². The lowest BCUT2D eigenvalue weighted by molar-refractivity contribution is 0.0765. The van der Waals surface area contributed by atoms with Gasteiger partial charge in [-0.2, -0.15) is 5.26 Å². The second-order valence-electron chi connectivity index (χ2n) is 4.80. The molecule has 104 valence electrons. The van der Waals surface area contributed by atoms with E-state index in [-0.39, 0.29) is 0 Å². The first-order valence-corrected chi connectivity index (χ1v) is 6.74. The van der Waals surface area contributed by atoms with Gasteiger partial charge in [0.15, 0.2) is 0 Å². The lowest BCUT2D eigenvalue weighted by Crippen LogP contribution is -2.07. The number of hydrogen-bond donors (Lipinski definition) is 2. The van der Waals surface area contributed by atoms with Crippen molar-refractivity contribution in [2.24, 2.45) is 0 Å². The fourth-order valence-electron chi connectivity index (χ4n) is 1.73. The third-order valence-corrected chi connectivity index (χ3v) is 2.76. The van der Waals surface area contributed by atoms with Crippen LogP contribution in [0.3, 0.4) is 0 Å². The molecule has 0 amide bonds. The molecule has 4 heteroatoms. The third-order valence-electron chi connectivity index (χ3n) is 2.76. The molecule has 0 unspecified atom stereocenters. The Morgan fingerprint density at radius 1 is 1.37 bits per heavy atom. The molecule has 0 spiro atoms. The van der Waals surface area contributed by atoms with E-state index in [1.807, 2.05) is 32.0 Å². The van der Waals surface area contributed by atoms with Crippen molar-refractivity contribution in [1.82, 2.24) is 0 Å². The van der Waals surface area contributed by atoms with Crippen LogP contribution in [-0.2, 0) is 11.2 Å². The number of nitrogens with zero attached hydrogens (tertiary/aromatic N) is 1. The molecule has 0 saturated carbocycles. The Bertz CT molecular complexity index is 424. The van der Waals surface area contributed by atoms with Crippen LogP contribution >= 0.6 is 0 Å². The number of unbranched alkanes of at least 4 members (excludes halogenated alkanes) is 1. The van der Waals surface area contributed by atoms with E-state index in [1.54, 1.807) is 0 Å². The van der Waals surface area contributed by atoms with E-state index in [4.69, 9.17) is 15.7 Å². The zero-order valence-corrected chi connectivity index (χ0v) is 11.8. The van der Waals surface area contributed by atoms with Crippen LogP contribution in [0.4, 0.5) is 11.4 Å². The summed E-state index contributed by atoms with van der Waals surface area (Å²) in [5.74, 6) is 0. The topological polar surface area (TPSA) is 71.1 Å². The monoisotopic (exact) mass is 261 g/mol. The molecule has 0 saturated heterocycles. The maximum atomic E-state index is 8.71. The van der Waals surface area contributed by atoms with Crippen LogP contribution in [0.15, 0.2) is 18.2 Å². The Labute approximate surface area is 115 Å². The fourth-order valence-corrected chi connectivity index (χ4v) is 1.73. The van der Waals surface area contributed by atoms with Gasteiger partial charge in [0.25, 0.3) is 0 Å². The minimum atomic E-state index is 0.304. The first-order chi connectivity index (χ1) is 9.13. The summed E-state index contributed by atoms with van der Waals surface area (Å²) >= 11 is 0. The molecule has 0 aliphatic rings. The Kier molecular flexibility index (Phi) is 6.76. The molecule has 0 heterocycles. The van der Waals surface area contributed by atoms with Crippen LogP contribution in [0.5, 0.6) is 0 Å². The fraction of sp³-hybridized carbons (Fsp3) is 0.533. The number of benzene rings is 1. The van der Waals surface area contributed by atoms with E-state index in [2.05, 4.69) is 11.4 Å². The van der Waals surface area contributed by atoms with Gasteiger partial charge in [-0.15, -0.1) is 0 Å². The average Bonchev–Trinajstić information content (AvgIpc) is 2.37. The zero-order chi connectivity index (χ0) is 14.1. The molecule has 0 fully saturated rings.